The van der Waals surface area contributed by atoms with Crippen LogP contribution in [0.5, 0.6) is 11.5 Å². The number of ether oxygens (including phenoxy) is 2. The van der Waals surface area contributed by atoms with Crippen molar-refractivity contribution in [3.8, 4) is 11.5 Å². The van der Waals surface area contributed by atoms with Crippen molar-refractivity contribution in [1.29, 1.82) is 0 Å². The Balaban J connectivity index is 2.41. The molecule has 4 heteroatoms. The highest BCUT2D eigenvalue weighted by Crippen LogP contribution is 2.32. The third-order valence-electron chi connectivity index (χ3n) is 3.52. The predicted octanol–water partition coefficient (Wildman–Crippen LogP) is 2.47. The fourth-order valence-corrected chi connectivity index (χ4v) is 2.50. The zero-order chi connectivity index (χ0) is 15.5. The Hall–Kier alpha value is -2.04. The zero-order valence-electron chi connectivity index (χ0n) is 12.7. The van der Waals surface area contributed by atoms with E-state index in [9.17, 15) is 0 Å². The summed E-state index contributed by atoms with van der Waals surface area (Å²) >= 11 is 0. The van der Waals surface area contributed by atoms with Gasteiger partial charge in [0.15, 0.2) is 0 Å². The number of nitrogens with two attached hydrogens (primary N) is 2. The lowest BCUT2D eigenvalue weighted by Gasteiger charge is -2.31. The highest BCUT2D eigenvalue weighted by atomic mass is 16.5. The van der Waals surface area contributed by atoms with Gasteiger partial charge >= 0.3 is 0 Å². The van der Waals surface area contributed by atoms with Gasteiger partial charge in [-0.1, -0.05) is 24.3 Å². The van der Waals surface area contributed by atoms with Gasteiger partial charge in [-0.3, -0.25) is 0 Å². The van der Waals surface area contributed by atoms with Gasteiger partial charge in [0, 0.05) is 5.92 Å². The molecule has 4 N–H and O–H groups in total. The van der Waals surface area contributed by atoms with E-state index in [0.717, 1.165) is 22.6 Å². The molecule has 0 aliphatic rings. The van der Waals surface area contributed by atoms with Crippen molar-refractivity contribution in [3.05, 3.63) is 59.7 Å². The van der Waals surface area contributed by atoms with E-state index in [1.54, 1.807) is 14.2 Å². The molecule has 2 rings (SSSR count). The molecule has 2 aromatic rings. The minimum absolute atomic E-state index is 0.116. The van der Waals surface area contributed by atoms with Gasteiger partial charge in [0.05, 0.1) is 19.9 Å². The van der Waals surface area contributed by atoms with Gasteiger partial charge in [-0.15, -0.1) is 0 Å². The molecule has 4 nitrogen and oxygen atoms in total. The highest BCUT2D eigenvalue weighted by molar-refractivity contribution is 5.40. The molecule has 0 heterocycles. The molecule has 0 spiro atoms. The summed E-state index contributed by atoms with van der Waals surface area (Å²) in [6.07, 6.45) is 0. The topological polar surface area (TPSA) is 70.5 Å². The van der Waals surface area contributed by atoms with Gasteiger partial charge in [0.1, 0.15) is 11.5 Å². The molecule has 0 aliphatic carbocycles. The van der Waals surface area contributed by atoms with Crippen LogP contribution in [0.1, 0.15) is 24.0 Å². The molecule has 0 saturated carbocycles. The van der Waals surface area contributed by atoms with Gasteiger partial charge in [-0.25, -0.2) is 0 Å². The fraction of sp³-hybridized carbons (Fsp3) is 0.294. The maximum absolute atomic E-state index is 6.20. The van der Waals surface area contributed by atoms with Gasteiger partial charge in [0.25, 0.3) is 0 Å². The van der Waals surface area contributed by atoms with E-state index in [2.05, 4.69) is 0 Å². The van der Waals surface area contributed by atoms with Crippen LogP contribution in [0.2, 0.25) is 0 Å². The second kappa shape index (κ2) is 6.16. The minimum atomic E-state index is -0.872. The molecule has 0 aliphatic heterocycles. The number of rotatable bonds is 5. The maximum atomic E-state index is 6.20. The number of methoxy groups -OCH3 is 2. The molecule has 0 fully saturated rings. The van der Waals surface area contributed by atoms with Gasteiger partial charge < -0.3 is 20.9 Å². The van der Waals surface area contributed by atoms with Crippen LogP contribution in [0.4, 0.5) is 0 Å². The Kier molecular flexibility index (Phi) is 4.50. The minimum Gasteiger partial charge on any atom is -0.497 e. The molecule has 0 saturated heterocycles. The second-order valence-corrected chi connectivity index (χ2v) is 5.35. The first-order chi connectivity index (χ1) is 9.95. The van der Waals surface area contributed by atoms with Crippen LogP contribution in [0.15, 0.2) is 48.5 Å². The van der Waals surface area contributed by atoms with Gasteiger partial charge in [0.2, 0.25) is 0 Å². The average molecular weight is 286 g/mol. The Morgan fingerprint density at radius 1 is 0.762 bits per heavy atom. The molecule has 0 bridgehead atoms. The van der Waals surface area contributed by atoms with Crippen LogP contribution in [-0.2, 0) is 0 Å². The van der Waals surface area contributed by atoms with Crippen LogP contribution in [0.25, 0.3) is 0 Å². The summed E-state index contributed by atoms with van der Waals surface area (Å²) in [5.41, 5.74) is 13.6. The van der Waals surface area contributed by atoms with Crippen LogP contribution >= 0.6 is 0 Å². The smallest absolute Gasteiger partial charge is 0.118 e. The summed E-state index contributed by atoms with van der Waals surface area (Å²) in [5, 5.41) is 0. The lowest BCUT2D eigenvalue weighted by Crippen LogP contribution is -2.51. The van der Waals surface area contributed by atoms with Crippen molar-refractivity contribution in [2.24, 2.45) is 11.5 Å². The second-order valence-electron chi connectivity index (χ2n) is 5.35. The quantitative estimate of drug-likeness (QED) is 0.828. The normalized spacial score (nSPS) is 11.5. The van der Waals surface area contributed by atoms with E-state index in [1.165, 1.54) is 0 Å². The molecule has 0 unspecified atom stereocenters. The van der Waals surface area contributed by atoms with Crippen LogP contribution in [-0.4, -0.2) is 19.9 Å². The van der Waals surface area contributed by atoms with E-state index in [-0.39, 0.29) is 5.92 Å². The monoisotopic (exact) mass is 286 g/mol. The summed E-state index contributed by atoms with van der Waals surface area (Å²) in [7, 11) is 3.29. The van der Waals surface area contributed by atoms with Gasteiger partial charge in [-0.2, -0.15) is 0 Å². The molecule has 112 valence electrons. The molecule has 21 heavy (non-hydrogen) atoms. The summed E-state index contributed by atoms with van der Waals surface area (Å²) < 4.78 is 10.4. The molecular weight excluding hydrogens is 264 g/mol. The van der Waals surface area contributed by atoms with E-state index < -0.39 is 5.66 Å². The lowest BCUT2D eigenvalue weighted by molar-refractivity contribution is 0.410. The SMILES string of the molecule is COc1ccc(C(c2ccc(OC)cc2)C(C)(N)N)cc1. The average Bonchev–Trinajstić information content (AvgIpc) is 2.47. The Bertz CT molecular complexity index is 524. The van der Waals surface area contributed by atoms with Crippen molar-refractivity contribution in [2.75, 3.05) is 14.2 Å². The van der Waals surface area contributed by atoms with E-state index in [1.807, 2.05) is 55.5 Å². The van der Waals surface area contributed by atoms with Crippen molar-refractivity contribution >= 4 is 0 Å². The van der Waals surface area contributed by atoms with Crippen molar-refractivity contribution in [2.45, 2.75) is 18.5 Å². The summed E-state index contributed by atoms with van der Waals surface area (Å²) in [6, 6.07) is 15.6. The highest BCUT2D eigenvalue weighted by Gasteiger charge is 2.29. The van der Waals surface area contributed by atoms with Crippen molar-refractivity contribution in [3.63, 3.8) is 0 Å². The van der Waals surface area contributed by atoms with Gasteiger partial charge in [-0.05, 0) is 42.3 Å². The molecule has 2 aromatic carbocycles. The first kappa shape index (κ1) is 15.4. The molecular formula is C17H22N2O2. The summed E-state index contributed by atoms with van der Waals surface area (Å²) in [4.78, 5) is 0. The predicted molar refractivity (Wildman–Crippen MR) is 84.6 cm³/mol. The third-order valence-corrected chi connectivity index (χ3v) is 3.52. The molecule has 0 radical (unpaired) electrons. The third kappa shape index (κ3) is 3.54. The van der Waals surface area contributed by atoms with Crippen molar-refractivity contribution in [1.82, 2.24) is 0 Å². The Morgan fingerprint density at radius 3 is 1.33 bits per heavy atom. The van der Waals surface area contributed by atoms with Crippen molar-refractivity contribution < 1.29 is 9.47 Å². The Labute approximate surface area is 125 Å². The van der Waals surface area contributed by atoms with Crippen LogP contribution < -0.4 is 20.9 Å². The fourth-order valence-electron chi connectivity index (χ4n) is 2.50. The molecule has 0 atom stereocenters. The van der Waals surface area contributed by atoms with E-state index >= 15 is 0 Å². The summed E-state index contributed by atoms with van der Waals surface area (Å²) in [6.45, 7) is 1.83. The zero-order valence-corrected chi connectivity index (χ0v) is 12.7. The van der Waals surface area contributed by atoms with E-state index in [4.69, 9.17) is 20.9 Å². The van der Waals surface area contributed by atoms with Crippen LogP contribution in [0, 0.1) is 0 Å². The molecule has 0 amide bonds. The molecule has 0 aromatic heterocycles. The Morgan fingerprint density at radius 2 is 1.10 bits per heavy atom. The maximum Gasteiger partial charge on any atom is 0.118 e. The van der Waals surface area contributed by atoms with E-state index in [0.29, 0.717) is 0 Å². The first-order valence-corrected chi connectivity index (χ1v) is 6.81. The lowest BCUT2D eigenvalue weighted by atomic mass is 9.82. The number of hydrogen-bond acceptors (Lipinski definition) is 4. The standard InChI is InChI=1S/C17H22N2O2/c1-17(18,19)16(12-4-8-14(20-2)9-5-12)13-6-10-15(21-3)11-7-13/h4-11,16H,18-19H2,1-3H3. The first-order valence-electron chi connectivity index (χ1n) is 6.81. The largest absolute Gasteiger partial charge is 0.497 e. The summed E-state index contributed by atoms with van der Waals surface area (Å²) in [5.74, 6) is 1.50. The van der Waals surface area contributed by atoms with Crippen LogP contribution in [0.3, 0.4) is 0 Å². The number of hydrogen-bond donors (Lipinski definition) is 2. The number of benzene rings is 2.